The molecule has 0 fully saturated rings. The van der Waals surface area contributed by atoms with Crippen LogP contribution in [0.3, 0.4) is 0 Å². The molecule has 0 aromatic heterocycles. The maximum atomic E-state index is 5.12. The van der Waals surface area contributed by atoms with Crippen LogP contribution >= 0.6 is 15.8 Å². The quantitative estimate of drug-likeness (QED) is 0.0339. The standard InChI is InChI=1S/2C27H25N2P.7C7H7.Hf.Zr/c2*1-5-13-23(14-6-1)21-28-27(29-22-24-15-7-2-8-16-24)30(25-17-9-3-10-18-25)26-19-11-4-12-20-26;7*1-7-5-3-2-4-6-7;;/h1-20H,21-22H2,(H,28,29);1-20,27H,21-22H2;7*2-6H,1H2;;/q;-2;7*-1;;+4. The molecule has 554 valence electrons. The molecule has 15 aromatic rings. The van der Waals surface area contributed by atoms with E-state index < -0.39 is 15.8 Å². The second kappa shape index (κ2) is 57.5. The topological polar surface area (TPSA) is 52.6 Å². The van der Waals surface area contributed by atoms with E-state index in [1.54, 1.807) is 0 Å². The minimum Gasteiger partial charge on any atom is -0.670 e. The SMILES string of the molecule is [CH2-]c1ccccc1.[CH2-]c1ccccc1.[CH2-]c1ccccc1.[CH2-]c1ccccc1.[CH2-]c1ccccc1.[CH2-]c1ccccc1.[CH2-]c1ccccc1.[Hf].[Zr+4].c1ccc(CN=C(NCc2ccccc2)P(c2ccccc2)c2ccccc2)cc1.c1ccc(C[N-]C([N-]Cc2ccccc2)P(c2ccccc2)c2ccccc2)cc1. The summed E-state index contributed by atoms with van der Waals surface area (Å²) in [6.07, 6.45) is 0. The van der Waals surface area contributed by atoms with E-state index in [-0.39, 0.29) is 58.0 Å². The Balaban J connectivity index is 0.000000246. The van der Waals surface area contributed by atoms with Gasteiger partial charge in [-0.1, -0.05) is 304 Å². The van der Waals surface area contributed by atoms with Gasteiger partial charge in [-0.05, 0) is 32.3 Å². The molecule has 1 N–H and O–H groups in total. The van der Waals surface area contributed by atoms with Crippen LogP contribution in [0.4, 0.5) is 0 Å². The van der Waals surface area contributed by atoms with Gasteiger partial charge in [0, 0.05) is 40.3 Å². The normalized spacial score (nSPS) is 9.88. The average Bonchev–Trinajstić information content (AvgIpc) is 0.826. The molecule has 0 heterocycles. The molecule has 8 heteroatoms. The van der Waals surface area contributed by atoms with E-state index in [1.165, 1.54) is 43.5 Å². The molecular weight excluding hydrogens is 1620 g/mol. The molecule has 15 rings (SSSR count). The van der Waals surface area contributed by atoms with Crippen LogP contribution in [0.2, 0.25) is 0 Å². The van der Waals surface area contributed by atoms with Crippen LogP contribution in [0, 0.1) is 48.5 Å². The van der Waals surface area contributed by atoms with E-state index in [1.807, 2.05) is 231 Å². The molecule has 0 atom stereocenters. The minimum absolute atomic E-state index is 0. The minimum atomic E-state index is -0.768. The zero-order valence-corrected chi connectivity index (χ0v) is 71.2. The fourth-order valence-electron chi connectivity index (χ4n) is 9.98. The first-order chi connectivity index (χ1) is 53.6. The summed E-state index contributed by atoms with van der Waals surface area (Å²) in [7, 11) is -1.51. The summed E-state index contributed by atoms with van der Waals surface area (Å²) in [6.45, 7) is 28.8. The first-order valence-electron chi connectivity index (χ1n) is 36.2. The van der Waals surface area contributed by atoms with Gasteiger partial charge in [-0.3, -0.25) is 4.99 Å². The van der Waals surface area contributed by atoms with E-state index in [0.29, 0.717) is 19.6 Å². The van der Waals surface area contributed by atoms with Gasteiger partial charge in [0.15, 0.2) is 0 Å². The molecule has 0 aliphatic heterocycles. The van der Waals surface area contributed by atoms with Crippen LogP contribution < -0.4 is 26.5 Å². The number of benzene rings is 15. The Morgan fingerprint density at radius 3 is 0.658 bits per heavy atom. The molecule has 0 aliphatic carbocycles. The van der Waals surface area contributed by atoms with Gasteiger partial charge in [0.25, 0.3) is 0 Å². The zero-order chi connectivity index (χ0) is 76.7. The van der Waals surface area contributed by atoms with Gasteiger partial charge >= 0.3 is 26.2 Å². The van der Waals surface area contributed by atoms with Crippen molar-refractivity contribution in [1.29, 1.82) is 0 Å². The molecule has 0 saturated heterocycles. The van der Waals surface area contributed by atoms with Gasteiger partial charge in [-0.15, -0.1) is 98.0 Å². The van der Waals surface area contributed by atoms with Crippen LogP contribution in [0.15, 0.2) is 460 Å². The second-order valence-corrected chi connectivity index (χ2v) is 28.8. The molecule has 0 radical (unpaired) electrons. The van der Waals surface area contributed by atoms with Crippen LogP contribution in [0.1, 0.15) is 61.2 Å². The van der Waals surface area contributed by atoms with Crippen molar-refractivity contribution in [3.8, 4) is 0 Å². The Bertz CT molecular complexity index is 4170. The summed E-state index contributed by atoms with van der Waals surface area (Å²) >= 11 is 0. The third-order valence-corrected chi connectivity index (χ3v) is 20.4. The first-order valence-corrected chi connectivity index (χ1v) is 39.0. The van der Waals surface area contributed by atoms with E-state index in [4.69, 9.17) is 15.6 Å². The second-order valence-electron chi connectivity index (χ2n) is 24.4. The number of amidine groups is 1. The van der Waals surface area contributed by atoms with E-state index in [9.17, 15) is 0 Å². The Labute approximate surface area is 706 Å². The van der Waals surface area contributed by atoms with Crippen molar-refractivity contribution in [2.45, 2.75) is 32.1 Å². The van der Waals surface area contributed by atoms with Crippen molar-refractivity contribution in [3.05, 3.63) is 575 Å². The van der Waals surface area contributed by atoms with Gasteiger partial charge in [-0.2, -0.15) is 172 Å². The number of hydrogen-bond donors (Lipinski definition) is 1. The molecular formula is C103H99HfN4P2Zr-5. The summed E-state index contributed by atoms with van der Waals surface area (Å²) < 4.78 is 0. The molecule has 0 aliphatic rings. The maximum absolute atomic E-state index is 5.12. The molecule has 4 nitrogen and oxygen atoms in total. The van der Waals surface area contributed by atoms with E-state index in [2.05, 4.69) is 278 Å². The summed E-state index contributed by atoms with van der Waals surface area (Å²) in [5, 5.41) is 19.1. The summed E-state index contributed by atoms with van der Waals surface area (Å²) in [5.74, 6) is -0.106. The van der Waals surface area contributed by atoms with Crippen LogP contribution in [-0.2, 0) is 78.2 Å². The Morgan fingerprint density at radius 2 is 0.441 bits per heavy atom. The van der Waals surface area contributed by atoms with Crippen molar-refractivity contribution in [2.75, 3.05) is 0 Å². The summed E-state index contributed by atoms with van der Waals surface area (Å²) in [4.78, 5) is 5.10. The predicted molar refractivity (Wildman–Crippen MR) is 476 cm³/mol. The van der Waals surface area contributed by atoms with Gasteiger partial charge in [-0.25, -0.2) is 5.91 Å². The van der Waals surface area contributed by atoms with Crippen LogP contribution in [0.25, 0.3) is 10.6 Å². The fourth-order valence-corrected chi connectivity index (χ4v) is 14.5. The third-order valence-electron chi connectivity index (χ3n) is 15.5. The van der Waals surface area contributed by atoms with Crippen LogP contribution in [0.5, 0.6) is 0 Å². The Morgan fingerprint density at radius 1 is 0.252 bits per heavy atom. The molecule has 15 aromatic carbocycles. The van der Waals surface area contributed by atoms with Crippen molar-refractivity contribution in [3.63, 3.8) is 0 Å². The van der Waals surface area contributed by atoms with Gasteiger partial charge in [0.1, 0.15) is 5.58 Å². The number of aliphatic imine (C=N–C) groups is 1. The van der Waals surface area contributed by atoms with Crippen molar-refractivity contribution < 1.29 is 52.0 Å². The number of nitrogens with one attached hydrogen (secondary N) is 1. The monoisotopic (exact) mass is 1720 g/mol. The Hall–Kier alpha value is -10.6. The van der Waals surface area contributed by atoms with Gasteiger partial charge in [0.05, 0.1) is 6.54 Å². The van der Waals surface area contributed by atoms with Crippen molar-refractivity contribution >= 4 is 42.6 Å². The average molecular weight is 1720 g/mol. The third kappa shape index (κ3) is 40.1. The molecule has 0 unspecified atom stereocenters. The molecule has 0 spiro atoms. The molecule has 111 heavy (non-hydrogen) atoms. The number of rotatable bonds is 16. The molecule has 0 saturated carbocycles. The molecule has 0 amide bonds. The molecule has 0 bridgehead atoms. The van der Waals surface area contributed by atoms with E-state index >= 15 is 0 Å². The number of hydrogen-bond acceptors (Lipinski definition) is 1. The van der Waals surface area contributed by atoms with Gasteiger partial charge < -0.3 is 16.0 Å². The largest absolute Gasteiger partial charge is 4.00 e. The van der Waals surface area contributed by atoms with Crippen molar-refractivity contribution in [1.82, 2.24) is 5.32 Å². The number of nitrogens with zero attached hydrogens (tertiary/aromatic N) is 3. The Kier molecular flexibility index (Phi) is 47.1. The fraction of sp³-hybridized carbons (Fsp3) is 0.0485. The smallest absolute Gasteiger partial charge is 0.670 e. The van der Waals surface area contributed by atoms with Crippen molar-refractivity contribution in [2.24, 2.45) is 4.99 Å². The predicted octanol–water partition coefficient (Wildman–Crippen LogP) is 25.1. The maximum Gasteiger partial charge on any atom is 4.00 e. The summed E-state index contributed by atoms with van der Waals surface area (Å²) in [5.41, 5.74) is 13.5. The first kappa shape index (κ1) is 91.0. The van der Waals surface area contributed by atoms with Gasteiger partial charge in [0.2, 0.25) is 0 Å². The van der Waals surface area contributed by atoms with Crippen LogP contribution in [-0.4, -0.2) is 11.5 Å². The zero-order valence-electron chi connectivity index (χ0n) is 63.4. The van der Waals surface area contributed by atoms with E-state index in [0.717, 1.165) is 51.1 Å². The summed E-state index contributed by atoms with van der Waals surface area (Å²) in [6, 6.07) is 154.